The molecule has 0 aliphatic heterocycles. The van der Waals surface area contributed by atoms with Crippen LogP contribution in [-0.4, -0.2) is 36.9 Å². The van der Waals surface area contributed by atoms with Gasteiger partial charge in [-0.3, -0.25) is 4.79 Å². The third kappa shape index (κ3) is 4.22. The van der Waals surface area contributed by atoms with E-state index in [9.17, 15) is 4.79 Å². The van der Waals surface area contributed by atoms with Gasteiger partial charge in [0.15, 0.2) is 5.78 Å². The normalized spacial score (nSPS) is 11.3. The predicted molar refractivity (Wildman–Crippen MR) is 109 cm³/mol. The Morgan fingerprint density at radius 3 is 2.37 bits per heavy atom. The molecule has 4 heteroatoms. The van der Waals surface area contributed by atoms with Gasteiger partial charge in [0.1, 0.15) is 23.7 Å². The van der Waals surface area contributed by atoms with E-state index in [1.54, 1.807) is 0 Å². The van der Waals surface area contributed by atoms with E-state index < -0.39 is 0 Å². The summed E-state index contributed by atoms with van der Waals surface area (Å²) in [5, 5.41) is 0.874. The maximum atomic E-state index is 13.1. The highest BCUT2D eigenvalue weighted by molar-refractivity contribution is 6.16. The summed E-state index contributed by atoms with van der Waals surface area (Å²) in [6.45, 7) is 9.87. The zero-order chi connectivity index (χ0) is 19.2. The van der Waals surface area contributed by atoms with Crippen molar-refractivity contribution in [2.45, 2.75) is 27.2 Å². The van der Waals surface area contributed by atoms with E-state index in [2.05, 4.69) is 18.7 Å². The average Bonchev–Trinajstić information content (AvgIpc) is 3.10. The number of aryl methyl sites for hydroxylation is 1. The topological polar surface area (TPSA) is 42.7 Å². The molecule has 0 N–H and O–H groups in total. The summed E-state index contributed by atoms with van der Waals surface area (Å²) < 4.78 is 11.7. The molecule has 0 unspecified atom stereocenters. The molecule has 0 bridgehead atoms. The number of furan rings is 1. The van der Waals surface area contributed by atoms with Crippen molar-refractivity contribution >= 4 is 16.8 Å². The smallest absolute Gasteiger partial charge is 0.197 e. The molecule has 3 rings (SSSR count). The molecule has 0 saturated carbocycles. The van der Waals surface area contributed by atoms with Crippen molar-refractivity contribution in [2.24, 2.45) is 0 Å². The average molecular weight is 365 g/mol. The van der Waals surface area contributed by atoms with Gasteiger partial charge in [-0.2, -0.15) is 0 Å². The maximum absolute atomic E-state index is 13.1. The Hall–Kier alpha value is -2.59. The predicted octanol–water partition coefficient (Wildman–Crippen LogP) is 4.95. The van der Waals surface area contributed by atoms with E-state index in [4.69, 9.17) is 9.15 Å². The van der Waals surface area contributed by atoms with Gasteiger partial charge in [0, 0.05) is 23.9 Å². The van der Waals surface area contributed by atoms with Crippen molar-refractivity contribution in [3.63, 3.8) is 0 Å². The zero-order valence-electron chi connectivity index (χ0n) is 16.3. The maximum Gasteiger partial charge on any atom is 0.197 e. The zero-order valence-corrected chi connectivity index (χ0v) is 16.3. The molecule has 1 heterocycles. The van der Waals surface area contributed by atoms with Crippen molar-refractivity contribution in [2.75, 3.05) is 26.2 Å². The number of nitrogens with zero attached hydrogens (tertiary/aromatic N) is 1. The number of hydrogen-bond acceptors (Lipinski definition) is 4. The highest BCUT2D eigenvalue weighted by atomic mass is 16.5. The van der Waals surface area contributed by atoms with Gasteiger partial charge in [0.2, 0.25) is 0 Å². The standard InChI is InChI=1S/C23H27NO3/c1-4-20-22(19-9-7-8-10-21(19)27-20)23(25)17-11-13-18(14-12-17)26-16-15-24(5-2)6-3/h7-14H,4-6,15-16H2,1-3H3. The van der Waals surface area contributed by atoms with Crippen LogP contribution in [0.15, 0.2) is 52.9 Å². The Labute approximate surface area is 160 Å². The van der Waals surface area contributed by atoms with Crippen LogP contribution in [0.4, 0.5) is 0 Å². The van der Waals surface area contributed by atoms with Crippen LogP contribution in [0.5, 0.6) is 5.75 Å². The first-order valence-electron chi connectivity index (χ1n) is 9.68. The molecule has 2 aromatic carbocycles. The second kappa shape index (κ2) is 8.87. The first kappa shape index (κ1) is 19.2. The van der Waals surface area contributed by atoms with E-state index in [1.807, 2.05) is 55.5 Å². The summed E-state index contributed by atoms with van der Waals surface area (Å²) in [6.07, 6.45) is 0.683. The number of para-hydroxylation sites is 1. The lowest BCUT2D eigenvalue weighted by Gasteiger charge is -2.18. The molecule has 0 spiro atoms. The van der Waals surface area contributed by atoms with Crippen LogP contribution in [-0.2, 0) is 6.42 Å². The number of ketones is 1. The van der Waals surface area contributed by atoms with Crippen molar-refractivity contribution in [1.82, 2.24) is 4.90 Å². The monoisotopic (exact) mass is 365 g/mol. The number of benzene rings is 2. The fraction of sp³-hybridized carbons (Fsp3) is 0.348. The van der Waals surface area contributed by atoms with Crippen LogP contribution >= 0.6 is 0 Å². The number of likely N-dealkylation sites (N-methyl/N-ethyl adjacent to an activating group) is 1. The molecular formula is C23H27NO3. The summed E-state index contributed by atoms with van der Waals surface area (Å²) in [4.78, 5) is 15.4. The van der Waals surface area contributed by atoms with Gasteiger partial charge >= 0.3 is 0 Å². The van der Waals surface area contributed by atoms with Crippen LogP contribution in [0.3, 0.4) is 0 Å². The number of rotatable bonds is 9. The number of carbonyl (C=O) groups is 1. The molecule has 3 aromatic rings. The van der Waals surface area contributed by atoms with E-state index in [0.717, 1.165) is 42.1 Å². The molecule has 0 aliphatic carbocycles. The minimum absolute atomic E-state index is 0.00788. The fourth-order valence-corrected chi connectivity index (χ4v) is 3.27. The molecule has 1 aromatic heterocycles. The van der Waals surface area contributed by atoms with E-state index in [1.165, 1.54) is 0 Å². The minimum atomic E-state index is -0.00788. The molecule has 0 aliphatic rings. The Kier molecular flexibility index (Phi) is 6.30. The SMILES string of the molecule is CCc1oc2ccccc2c1C(=O)c1ccc(OCCN(CC)CC)cc1. The van der Waals surface area contributed by atoms with Crippen molar-refractivity contribution < 1.29 is 13.9 Å². The van der Waals surface area contributed by atoms with Gasteiger partial charge in [0.05, 0.1) is 5.56 Å². The van der Waals surface area contributed by atoms with Gasteiger partial charge < -0.3 is 14.1 Å². The molecule has 0 fully saturated rings. The number of hydrogen-bond donors (Lipinski definition) is 0. The van der Waals surface area contributed by atoms with Crippen molar-refractivity contribution in [1.29, 1.82) is 0 Å². The summed E-state index contributed by atoms with van der Waals surface area (Å²) in [5.41, 5.74) is 2.07. The highest BCUT2D eigenvalue weighted by Gasteiger charge is 2.20. The van der Waals surface area contributed by atoms with E-state index in [-0.39, 0.29) is 5.78 Å². The van der Waals surface area contributed by atoms with Gasteiger partial charge in [-0.25, -0.2) is 0 Å². The number of fused-ring (bicyclic) bond motifs is 1. The Bertz CT molecular complexity index is 892. The molecule has 0 radical (unpaired) electrons. The molecular weight excluding hydrogens is 338 g/mol. The number of ether oxygens (including phenoxy) is 1. The molecule has 27 heavy (non-hydrogen) atoms. The van der Waals surface area contributed by atoms with Crippen LogP contribution in [0.1, 0.15) is 42.5 Å². The van der Waals surface area contributed by atoms with Gasteiger partial charge in [-0.05, 0) is 43.4 Å². The van der Waals surface area contributed by atoms with Crippen molar-refractivity contribution in [3.05, 3.63) is 65.4 Å². The molecule has 4 nitrogen and oxygen atoms in total. The fourth-order valence-electron chi connectivity index (χ4n) is 3.27. The van der Waals surface area contributed by atoms with E-state index >= 15 is 0 Å². The van der Waals surface area contributed by atoms with Gasteiger partial charge in [-0.1, -0.05) is 39.0 Å². The lowest BCUT2D eigenvalue weighted by Crippen LogP contribution is -2.27. The summed E-state index contributed by atoms with van der Waals surface area (Å²) >= 11 is 0. The third-order valence-electron chi connectivity index (χ3n) is 4.90. The lowest BCUT2D eigenvalue weighted by molar-refractivity contribution is 0.103. The highest BCUT2D eigenvalue weighted by Crippen LogP contribution is 2.29. The van der Waals surface area contributed by atoms with Gasteiger partial charge in [0.25, 0.3) is 0 Å². The number of carbonyl (C=O) groups excluding carboxylic acids is 1. The summed E-state index contributed by atoms with van der Waals surface area (Å²) in [6, 6.07) is 15.1. The van der Waals surface area contributed by atoms with Crippen LogP contribution in [0.2, 0.25) is 0 Å². The quantitative estimate of drug-likeness (QED) is 0.503. The second-order valence-electron chi connectivity index (χ2n) is 6.48. The van der Waals surface area contributed by atoms with Crippen LogP contribution < -0.4 is 4.74 Å². The van der Waals surface area contributed by atoms with Crippen LogP contribution in [0, 0.1) is 0 Å². The largest absolute Gasteiger partial charge is 0.492 e. The first-order valence-corrected chi connectivity index (χ1v) is 9.68. The molecule has 0 amide bonds. The van der Waals surface area contributed by atoms with Crippen molar-refractivity contribution in [3.8, 4) is 5.75 Å². The summed E-state index contributed by atoms with van der Waals surface area (Å²) in [7, 11) is 0. The molecule has 142 valence electrons. The Morgan fingerprint density at radius 1 is 1.00 bits per heavy atom. The Balaban J connectivity index is 1.75. The lowest BCUT2D eigenvalue weighted by atomic mass is 9.99. The van der Waals surface area contributed by atoms with Gasteiger partial charge in [-0.15, -0.1) is 0 Å². The summed E-state index contributed by atoms with van der Waals surface area (Å²) in [5.74, 6) is 1.51. The molecule has 0 saturated heterocycles. The first-order chi connectivity index (χ1) is 13.2. The minimum Gasteiger partial charge on any atom is -0.492 e. The molecule has 0 atom stereocenters. The second-order valence-corrected chi connectivity index (χ2v) is 6.48. The Morgan fingerprint density at radius 2 is 1.70 bits per heavy atom. The van der Waals surface area contributed by atoms with Crippen LogP contribution in [0.25, 0.3) is 11.0 Å². The van der Waals surface area contributed by atoms with E-state index in [0.29, 0.717) is 24.2 Å². The third-order valence-corrected chi connectivity index (χ3v) is 4.90.